The third kappa shape index (κ3) is 2.04. The number of ether oxygens (including phenoxy) is 1. The summed E-state index contributed by atoms with van der Waals surface area (Å²) in [6, 6.07) is 1.97. The molecule has 6 nitrogen and oxygen atoms in total. The summed E-state index contributed by atoms with van der Waals surface area (Å²) >= 11 is 0. The van der Waals surface area contributed by atoms with E-state index in [1.807, 2.05) is 0 Å². The maximum atomic E-state index is 14.2. The van der Waals surface area contributed by atoms with Crippen LogP contribution in [0.15, 0.2) is 10.9 Å². The fourth-order valence-electron chi connectivity index (χ4n) is 3.67. The Balaban J connectivity index is 2.02. The number of nitrogens with zero attached hydrogens (tertiary/aromatic N) is 4. The molecule has 0 aliphatic carbocycles. The van der Waals surface area contributed by atoms with Crippen LogP contribution >= 0.6 is 0 Å². The first-order chi connectivity index (χ1) is 11.4. The van der Waals surface area contributed by atoms with Crippen LogP contribution in [0.25, 0.3) is 11.0 Å². The molecule has 2 unspecified atom stereocenters. The number of piperazine rings is 1. The highest BCUT2D eigenvalue weighted by molar-refractivity contribution is 5.94. The third-order valence-electron chi connectivity index (χ3n) is 5.28. The van der Waals surface area contributed by atoms with Gasteiger partial charge in [-0.05, 0) is 27.0 Å². The maximum Gasteiger partial charge on any atom is 0.296 e. The van der Waals surface area contributed by atoms with Gasteiger partial charge in [-0.1, -0.05) is 0 Å². The molecule has 0 radical (unpaired) electrons. The van der Waals surface area contributed by atoms with Crippen molar-refractivity contribution in [3.05, 3.63) is 27.9 Å². The topological polar surface area (TPSA) is 50.6 Å². The van der Waals surface area contributed by atoms with Gasteiger partial charge < -0.3 is 9.64 Å². The Morgan fingerprint density at radius 3 is 2.83 bits per heavy atom. The number of hydrogen-bond donors (Lipinski definition) is 0. The molecule has 2 aromatic rings. The minimum absolute atomic E-state index is 0.151. The smallest absolute Gasteiger partial charge is 0.296 e. The lowest BCUT2D eigenvalue weighted by molar-refractivity contribution is 0.151. The van der Waals surface area contributed by atoms with E-state index in [9.17, 15) is 9.18 Å². The van der Waals surface area contributed by atoms with Gasteiger partial charge in [-0.3, -0.25) is 14.3 Å². The molecule has 4 heterocycles. The second-order valence-corrected chi connectivity index (χ2v) is 6.87. The largest absolute Gasteiger partial charge is 0.484 e. The fourth-order valence-corrected chi connectivity index (χ4v) is 3.67. The lowest BCUT2D eigenvalue weighted by Crippen LogP contribution is -2.60. The Labute approximate surface area is 139 Å². The van der Waals surface area contributed by atoms with E-state index in [-0.39, 0.29) is 23.1 Å². The average molecular weight is 332 g/mol. The van der Waals surface area contributed by atoms with Crippen LogP contribution in [0.3, 0.4) is 0 Å². The summed E-state index contributed by atoms with van der Waals surface area (Å²) in [5.74, 6) is -0.0595. The van der Waals surface area contributed by atoms with Crippen molar-refractivity contribution in [2.24, 2.45) is 7.05 Å². The van der Waals surface area contributed by atoms with E-state index in [2.05, 4.69) is 28.8 Å². The molecule has 0 amide bonds. The average Bonchev–Trinajstić information content (AvgIpc) is 2.55. The van der Waals surface area contributed by atoms with Crippen molar-refractivity contribution in [1.29, 1.82) is 0 Å². The Morgan fingerprint density at radius 1 is 1.33 bits per heavy atom. The molecule has 2 atom stereocenters. The number of likely N-dealkylation sites (N-methyl/N-ethyl adjacent to an activating group) is 1. The Kier molecular flexibility index (Phi) is 3.32. The summed E-state index contributed by atoms with van der Waals surface area (Å²) in [6.07, 6.45) is 0. The molecule has 2 aliphatic rings. The predicted molar refractivity (Wildman–Crippen MR) is 90.4 cm³/mol. The van der Waals surface area contributed by atoms with E-state index in [1.54, 1.807) is 14.0 Å². The molecule has 0 bridgehead atoms. The summed E-state index contributed by atoms with van der Waals surface area (Å²) in [4.78, 5) is 21.5. The number of aryl methyl sites for hydroxylation is 2. The predicted octanol–water partition coefficient (Wildman–Crippen LogP) is 1.28. The first kappa shape index (κ1) is 15.4. The number of rotatable bonds is 0. The van der Waals surface area contributed by atoms with Gasteiger partial charge in [-0.2, -0.15) is 0 Å². The van der Waals surface area contributed by atoms with Crippen molar-refractivity contribution >= 4 is 16.7 Å². The van der Waals surface area contributed by atoms with Gasteiger partial charge in [-0.15, -0.1) is 0 Å². The Hall–Kier alpha value is -2.15. The van der Waals surface area contributed by atoms with Crippen LogP contribution in [-0.4, -0.2) is 53.3 Å². The van der Waals surface area contributed by atoms with Crippen molar-refractivity contribution in [3.8, 4) is 5.75 Å². The van der Waals surface area contributed by atoms with E-state index < -0.39 is 0 Å². The monoisotopic (exact) mass is 332 g/mol. The summed E-state index contributed by atoms with van der Waals surface area (Å²) in [7, 11) is 3.74. The highest BCUT2D eigenvalue weighted by atomic mass is 19.1. The zero-order valence-corrected chi connectivity index (χ0v) is 14.3. The fraction of sp³-hybridized carbons (Fsp3) is 0.529. The molecule has 0 spiro atoms. The molecule has 2 aromatic heterocycles. The van der Waals surface area contributed by atoms with Gasteiger partial charge in [0.25, 0.3) is 5.56 Å². The van der Waals surface area contributed by atoms with Gasteiger partial charge in [-0.25, -0.2) is 9.37 Å². The standard InChI is InChI=1S/C17H21FN4O2/c1-9-6-22-11(7-20(9)3)8-24-15-14(22)12-5-13(18)10(2)19-16(12)21(4)17(15)23/h5,9,11H,6-8H2,1-4H3. The van der Waals surface area contributed by atoms with Gasteiger partial charge in [0.05, 0.1) is 17.4 Å². The minimum atomic E-state index is -0.368. The third-order valence-corrected chi connectivity index (χ3v) is 5.28. The minimum Gasteiger partial charge on any atom is -0.484 e. The van der Waals surface area contributed by atoms with Crippen LogP contribution in [-0.2, 0) is 7.05 Å². The van der Waals surface area contributed by atoms with E-state index in [0.29, 0.717) is 35.1 Å². The molecular weight excluding hydrogens is 311 g/mol. The first-order valence-corrected chi connectivity index (χ1v) is 8.18. The summed E-state index contributed by atoms with van der Waals surface area (Å²) in [5, 5.41) is 0.636. The zero-order chi connectivity index (χ0) is 17.2. The van der Waals surface area contributed by atoms with E-state index in [1.165, 1.54) is 10.6 Å². The SMILES string of the molecule is Cc1nc2c(cc1F)c1c(c(=O)n2C)OCC2CN(C)C(C)CN12. The molecule has 4 rings (SSSR count). The van der Waals surface area contributed by atoms with Gasteiger partial charge in [0.2, 0.25) is 5.75 Å². The molecule has 0 N–H and O–H groups in total. The summed E-state index contributed by atoms with van der Waals surface area (Å²) in [6.45, 7) is 5.84. The van der Waals surface area contributed by atoms with Crippen molar-refractivity contribution in [3.63, 3.8) is 0 Å². The van der Waals surface area contributed by atoms with Crippen LogP contribution in [0.2, 0.25) is 0 Å². The van der Waals surface area contributed by atoms with Crippen molar-refractivity contribution in [1.82, 2.24) is 14.5 Å². The van der Waals surface area contributed by atoms with Crippen LogP contribution in [0, 0.1) is 12.7 Å². The van der Waals surface area contributed by atoms with Crippen LogP contribution in [0.1, 0.15) is 12.6 Å². The van der Waals surface area contributed by atoms with E-state index in [4.69, 9.17) is 4.74 Å². The highest BCUT2D eigenvalue weighted by Gasteiger charge is 2.37. The quantitative estimate of drug-likeness (QED) is 0.727. The molecule has 2 aliphatic heterocycles. The molecule has 1 saturated heterocycles. The number of hydrogen-bond acceptors (Lipinski definition) is 5. The lowest BCUT2D eigenvalue weighted by atomic mass is 10.0. The van der Waals surface area contributed by atoms with Gasteiger partial charge in [0, 0.05) is 31.6 Å². The van der Waals surface area contributed by atoms with Crippen LogP contribution in [0.4, 0.5) is 10.1 Å². The number of pyridine rings is 2. The van der Waals surface area contributed by atoms with Crippen LogP contribution in [0.5, 0.6) is 5.75 Å². The lowest BCUT2D eigenvalue weighted by Gasteiger charge is -2.47. The van der Waals surface area contributed by atoms with Gasteiger partial charge in [0.1, 0.15) is 18.1 Å². The van der Waals surface area contributed by atoms with Gasteiger partial charge >= 0.3 is 0 Å². The number of anilines is 1. The van der Waals surface area contributed by atoms with Crippen molar-refractivity contribution in [2.75, 3.05) is 31.6 Å². The van der Waals surface area contributed by atoms with Crippen molar-refractivity contribution < 1.29 is 9.13 Å². The normalized spacial score (nSPS) is 23.8. The van der Waals surface area contributed by atoms with E-state index in [0.717, 1.165) is 13.1 Å². The van der Waals surface area contributed by atoms with Gasteiger partial charge in [0.15, 0.2) is 0 Å². The molecular formula is C17H21FN4O2. The second kappa shape index (κ2) is 5.17. The second-order valence-electron chi connectivity index (χ2n) is 6.87. The number of aromatic nitrogens is 2. The molecule has 0 saturated carbocycles. The summed E-state index contributed by atoms with van der Waals surface area (Å²) < 4.78 is 21.5. The molecule has 7 heteroatoms. The van der Waals surface area contributed by atoms with Crippen LogP contribution < -0.4 is 15.2 Å². The molecule has 0 aromatic carbocycles. The molecule has 24 heavy (non-hydrogen) atoms. The van der Waals surface area contributed by atoms with Crippen molar-refractivity contribution in [2.45, 2.75) is 25.9 Å². The first-order valence-electron chi connectivity index (χ1n) is 8.18. The van der Waals surface area contributed by atoms with E-state index >= 15 is 0 Å². The molecule has 128 valence electrons. The highest BCUT2D eigenvalue weighted by Crippen LogP contribution is 2.39. The number of halogens is 1. The molecule has 1 fully saturated rings. The Morgan fingerprint density at radius 2 is 2.08 bits per heavy atom. The number of fused-ring (bicyclic) bond motifs is 5. The Bertz CT molecular complexity index is 895. The maximum absolute atomic E-state index is 14.2. The zero-order valence-electron chi connectivity index (χ0n) is 14.3. The summed E-state index contributed by atoms with van der Waals surface area (Å²) in [5.41, 5.74) is 1.25.